The van der Waals surface area contributed by atoms with Crippen LogP contribution in [-0.2, 0) is 13.1 Å². The Morgan fingerprint density at radius 3 is 2.50 bits per heavy atom. The zero-order valence-electron chi connectivity index (χ0n) is 15.1. The fourth-order valence-corrected chi connectivity index (χ4v) is 2.70. The molecule has 0 saturated heterocycles. The van der Waals surface area contributed by atoms with Gasteiger partial charge in [0.15, 0.2) is 0 Å². The lowest BCUT2D eigenvalue weighted by Crippen LogP contribution is -2.35. The molecule has 0 saturated carbocycles. The molecule has 0 bridgehead atoms. The van der Waals surface area contributed by atoms with E-state index in [1.807, 2.05) is 48.1 Å². The molecule has 0 unspecified atom stereocenters. The van der Waals surface area contributed by atoms with Crippen LogP contribution in [0.2, 0.25) is 0 Å². The zero-order valence-corrected chi connectivity index (χ0v) is 15.1. The average molecular weight is 328 g/mol. The van der Waals surface area contributed by atoms with Crippen molar-refractivity contribution < 1.29 is 4.79 Å². The highest BCUT2D eigenvalue weighted by atomic mass is 16.1. The molecule has 130 valence electrons. The molecule has 0 aliphatic carbocycles. The molecule has 1 aromatic carbocycles. The summed E-state index contributed by atoms with van der Waals surface area (Å²) in [7, 11) is 0. The van der Waals surface area contributed by atoms with Crippen molar-refractivity contribution in [1.82, 2.24) is 20.0 Å². The highest BCUT2D eigenvalue weighted by Crippen LogP contribution is 2.10. The molecular formula is C19H28N4O. The number of rotatable bonds is 8. The van der Waals surface area contributed by atoms with Gasteiger partial charge in [0.1, 0.15) is 0 Å². The minimum atomic E-state index is -0.0441. The van der Waals surface area contributed by atoms with Gasteiger partial charge in [-0.3, -0.25) is 14.4 Å². The lowest BCUT2D eigenvalue weighted by atomic mass is 10.1. The number of hydrogen-bond donors (Lipinski definition) is 1. The molecule has 0 aliphatic rings. The highest BCUT2D eigenvalue weighted by Gasteiger charge is 2.12. The van der Waals surface area contributed by atoms with Crippen LogP contribution in [0, 0.1) is 0 Å². The first kappa shape index (κ1) is 18.2. The maximum atomic E-state index is 12.3. The van der Waals surface area contributed by atoms with Gasteiger partial charge >= 0.3 is 0 Å². The Morgan fingerprint density at radius 2 is 1.96 bits per heavy atom. The van der Waals surface area contributed by atoms with Crippen molar-refractivity contribution in [2.45, 2.75) is 52.9 Å². The van der Waals surface area contributed by atoms with Gasteiger partial charge in [-0.15, -0.1) is 0 Å². The third-order valence-electron chi connectivity index (χ3n) is 4.14. The molecule has 1 aromatic heterocycles. The third-order valence-corrected chi connectivity index (χ3v) is 4.14. The van der Waals surface area contributed by atoms with E-state index in [-0.39, 0.29) is 11.9 Å². The van der Waals surface area contributed by atoms with E-state index >= 15 is 0 Å². The normalized spacial score (nSPS) is 12.6. The first-order valence-corrected chi connectivity index (χ1v) is 8.61. The standard InChI is InChI=1S/C19H28N4O/c1-5-22(15(2)3)14-17-7-9-18(10-8-17)19(24)21-16(4)13-23-12-6-11-20-23/h6-12,15-16H,5,13-14H2,1-4H3,(H,21,24)/t16-/m1/s1. The molecule has 2 rings (SSSR count). The van der Waals surface area contributed by atoms with Crippen LogP contribution in [0.5, 0.6) is 0 Å². The van der Waals surface area contributed by atoms with E-state index in [2.05, 4.69) is 36.1 Å². The average Bonchev–Trinajstić information content (AvgIpc) is 3.05. The Kier molecular flexibility index (Phi) is 6.55. The molecule has 0 radical (unpaired) electrons. The SMILES string of the molecule is CCN(Cc1ccc(C(=O)N[C@H](C)Cn2cccn2)cc1)C(C)C. The van der Waals surface area contributed by atoms with Crippen molar-refractivity contribution in [3.05, 3.63) is 53.9 Å². The van der Waals surface area contributed by atoms with Crippen LogP contribution in [0.4, 0.5) is 0 Å². The summed E-state index contributed by atoms with van der Waals surface area (Å²) >= 11 is 0. The van der Waals surface area contributed by atoms with Crippen LogP contribution in [0.3, 0.4) is 0 Å². The van der Waals surface area contributed by atoms with Crippen molar-refractivity contribution in [1.29, 1.82) is 0 Å². The molecule has 1 heterocycles. The molecule has 5 nitrogen and oxygen atoms in total. The van der Waals surface area contributed by atoms with Gasteiger partial charge in [-0.1, -0.05) is 19.1 Å². The van der Waals surface area contributed by atoms with Gasteiger partial charge in [0, 0.05) is 36.6 Å². The number of aromatic nitrogens is 2. The number of nitrogens with one attached hydrogen (secondary N) is 1. The van der Waals surface area contributed by atoms with Crippen molar-refractivity contribution in [2.75, 3.05) is 6.54 Å². The van der Waals surface area contributed by atoms with E-state index in [9.17, 15) is 4.79 Å². The van der Waals surface area contributed by atoms with E-state index in [0.29, 0.717) is 18.2 Å². The predicted molar refractivity (Wildman–Crippen MR) is 96.8 cm³/mol. The van der Waals surface area contributed by atoms with Crippen LogP contribution in [0.15, 0.2) is 42.7 Å². The third kappa shape index (κ3) is 5.20. The van der Waals surface area contributed by atoms with E-state index in [1.54, 1.807) is 6.20 Å². The predicted octanol–water partition coefficient (Wildman–Crippen LogP) is 2.93. The Balaban J connectivity index is 1.90. The second kappa shape index (κ2) is 8.64. The van der Waals surface area contributed by atoms with Crippen molar-refractivity contribution in [2.24, 2.45) is 0 Å². The first-order valence-electron chi connectivity index (χ1n) is 8.61. The molecular weight excluding hydrogens is 300 g/mol. The topological polar surface area (TPSA) is 50.2 Å². The molecule has 2 aromatic rings. The minimum absolute atomic E-state index is 0.0219. The molecule has 0 fully saturated rings. The number of benzene rings is 1. The second-order valence-electron chi connectivity index (χ2n) is 6.46. The highest BCUT2D eigenvalue weighted by molar-refractivity contribution is 5.94. The van der Waals surface area contributed by atoms with Gasteiger partial charge in [0.05, 0.1) is 6.54 Å². The zero-order chi connectivity index (χ0) is 17.5. The number of amides is 1. The molecule has 5 heteroatoms. The second-order valence-corrected chi connectivity index (χ2v) is 6.46. The van der Waals surface area contributed by atoms with Gasteiger partial charge in [0.25, 0.3) is 5.91 Å². The van der Waals surface area contributed by atoms with E-state index in [4.69, 9.17) is 0 Å². The smallest absolute Gasteiger partial charge is 0.251 e. The summed E-state index contributed by atoms with van der Waals surface area (Å²) in [6, 6.07) is 10.3. The molecule has 24 heavy (non-hydrogen) atoms. The molecule has 0 aliphatic heterocycles. The monoisotopic (exact) mass is 328 g/mol. The lowest BCUT2D eigenvalue weighted by Gasteiger charge is -2.24. The fourth-order valence-electron chi connectivity index (χ4n) is 2.70. The molecule has 1 N–H and O–H groups in total. The molecule has 1 amide bonds. The summed E-state index contributed by atoms with van der Waals surface area (Å²) in [5.74, 6) is -0.0441. The summed E-state index contributed by atoms with van der Waals surface area (Å²) in [4.78, 5) is 14.7. The number of carbonyl (C=O) groups excluding carboxylic acids is 1. The first-order chi connectivity index (χ1) is 11.5. The largest absolute Gasteiger partial charge is 0.348 e. The maximum absolute atomic E-state index is 12.3. The summed E-state index contributed by atoms with van der Waals surface area (Å²) in [6.45, 7) is 11.1. The quantitative estimate of drug-likeness (QED) is 0.810. The van der Waals surface area contributed by atoms with Gasteiger partial charge in [-0.25, -0.2) is 0 Å². The van der Waals surface area contributed by atoms with Crippen LogP contribution in [0.1, 0.15) is 43.6 Å². The van der Waals surface area contributed by atoms with Gasteiger partial charge in [-0.05, 0) is 51.1 Å². The Morgan fingerprint density at radius 1 is 1.25 bits per heavy atom. The van der Waals surface area contributed by atoms with E-state index < -0.39 is 0 Å². The van der Waals surface area contributed by atoms with Gasteiger partial charge < -0.3 is 5.32 Å². The fraction of sp³-hybridized carbons (Fsp3) is 0.474. The Labute approximate surface area is 144 Å². The summed E-state index contributed by atoms with van der Waals surface area (Å²) in [6.07, 6.45) is 3.63. The van der Waals surface area contributed by atoms with E-state index in [0.717, 1.165) is 13.1 Å². The summed E-state index contributed by atoms with van der Waals surface area (Å²) in [5.41, 5.74) is 1.92. The summed E-state index contributed by atoms with van der Waals surface area (Å²) < 4.78 is 1.82. The molecule has 1 atom stereocenters. The number of carbonyl (C=O) groups is 1. The van der Waals surface area contributed by atoms with Crippen LogP contribution < -0.4 is 5.32 Å². The Hall–Kier alpha value is -2.14. The Bertz CT molecular complexity index is 619. The number of hydrogen-bond acceptors (Lipinski definition) is 3. The maximum Gasteiger partial charge on any atom is 0.251 e. The summed E-state index contributed by atoms with van der Waals surface area (Å²) in [5, 5.41) is 7.17. The van der Waals surface area contributed by atoms with Crippen LogP contribution in [-0.4, -0.2) is 39.2 Å². The van der Waals surface area contributed by atoms with Crippen LogP contribution >= 0.6 is 0 Å². The van der Waals surface area contributed by atoms with Crippen molar-refractivity contribution in [3.63, 3.8) is 0 Å². The minimum Gasteiger partial charge on any atom is -0.348 e. The van der Waals surface area contributed by atoms with Crippen LogP contribution in [0.25, 0.3) is 0 Å². The van der Waals surface area contributed by atoms with E-state index in [1.165, 1.54) is 5.56 Å². The van der Waals surface area contributed by atoms with Gasteiger partial charge in [-0.2, -0.15) is 5.10 Å². The number of nitrogens with zero attached hydrogens (tertiary/aromatic N) is 3. The van der Waals surface area contributed by atoms with Crippen molar-refractivity contribution in [3.8, 4) is 0 Å². The van der Waals surface area contributed by atoms with Gasteiger partial charge in [0.2, 0.25) is 0 Å². The lowest BCUT2D eigenvalue weighted by molar-refractivity contribution is 0.0936. The van der Waals surface area contributed by atoms with Crippen molar-refractivity contribution >= 4 is 5.91 Å². The molecule has 0 spiro atoms.